The molecule has 1 aromatic heterocycles. The fourth-order valence-electron chi connectivity index (χ4n) is 7.76. The second-order valence-electron chi connectivity index (χ2n) is 15.2. The molecule has 0 radical (unpaired) electrons. The summed E-state index contributed by atoms with van der Waals surface area (Å²) in [5, 5.41) is 0. The van der Waals surface area contributed by atoms with E-state index in [9.17, 15) is 0 Å². The monoisotopic (exact) mass is 611 g/mol. The summed E-state index contributed by atoms with van der Waals surface area (Å²) < 4.78 is 0. The normalized spacial score (nSPS) is 16.6. The summed E-state index contributed by atoms with van der Waals surface area (Å²) in [5.74, 6) is 2.11. The van der Waals surface area contributed by atoms with Gasteiger partial charge in [-0.3, -0.25) is 0 Å². The minimum Gasteiger partial charge on any atom is -0.208 e. The van der Waals surface area contributed by atoms with E-state index < -0.39 is 0 Å². The van der Waals surface area contributed by atoms with Gasteiger partial charge in [-0.1, -0.05) is 139 Å². The number of aromatic nitrogens is 3. The van der Waals surface area contributed by atoms with Gasteiger partial charge in [0.15, 0.2) is 17.5 Å². The highest BCUT2D eigenvalue weighted by Gasteiger charge is 2.38. The van der Waals surface area contributed by atoms with Gasteiger partial charge in [-0.15, -0.1) is 0 Å². The van der Waals surface area contributed by atoms with Crippen molar-refractivity contribution < 1.29 is 0 Å². The summed E-state index contributed by atoms with van der Waals surface area (Å²) in [6.45, 7) is 14.1. The Labute approximate surface area is 278 Å². The van der Waals surface area contributed by atoms with Gasteiger partial charge in [-0.05, 0) is 86.4 Å². The van der Waals surface area contributed by atoms with E-state index in [2.05, 4.69) is 139 Å². The molecule has 0 unspecified atom stereocenters. The van der Waals surface area contributed by atoms with Crippen LogP contribution in [-0.4, -0.2) is 15.0 Å². The van der Waals surface area contributed by atoms with Crippen LogP contribution < -0.4 is 0 Å². The van der Waals surface area contributed by atoms with Gasteiger partial charge in [-0.25, -0.2) is 15.0 Å². The van der Waals surface area contributed by atoms with E-state index in [-0.39, 0.29) is 16.2 Å². The van der Waals surface area contributed by atoms with E-state index in [0.717, 1.165) is 23.1 Å². The van der Waals surface area contributed by atoms with Crippen LogP contribution in [0.1, 0.15) is 76.6 Å². The van der Waals surface area contributed by atoms with Crippen LogP contribution in [-0.2, 0) is 16.2 Å². The lowest BCUT2D eigenvalue weighted by atomic mass is 9.63. The molecule has 8 rings (SSSR count). The molecule has 1 heterocycles. The first-order valence-electron chi connectivity index (χ1n) is 16.8. The van der Waals surface area contributed by atoms with Crippen molar-refractivity contribution in [3.63, 3.8) is 0 Å². The van der Waals surface area contributed by atoms with Crippen molar-refractivity contribution in [2.75, 3.05) is 0 Å². The van der Waals surface area contributed by atoms with Crippen LogP contribution in [0.15, 0.2) is 115 Å². The van der Waals surface area contributed by atoms with Gasteiger partial charge >= 0.3 is 0 Å². The maximum atomic E-state index is 5.19. The Hall–Kier alpha value is -4.89. The topological polar surface area (TPSA) is 38.7 Å². The zero-order valence-electron chi connectivity index (χ0n) is 28.2. The lowest BCUT2D eigenvalue weighted by molar-refractivity contribution is 0.332. The summed E-state index contributed by atoms with van der Waals surface area (Å²) >= 11 is 0. The molecule has 47 heavy (non-hydrogen) atoms. The van der Waals surface area contributed by atoms with Crippen LogP contribution in [0.25, 0.3) is 56.4 Å². The summed E-state index contributed by atoms with van der Waals surface area (Å²) in [6, 6.07) is 41.4. The Morgan fingerprint density at radius 1 is 0.383 bits per heavy atom. The predicted molar refractivity (Wildman–Crippen MR) is 194 cm³/mol. The average molecular weight is 612 g/mol. The third kappa shape index (κ3) is 4.91. The maximum absolute atomic E-state index is 5.19. The molecule has 6 aromatic rings. The quantitative estimate of drug-likeness (QED) is 0.199. The van der Waals surface area contributed by atoms with Crippen LogP contribution >= 0.6 is 0 Å². The molecule has 5 aromatic carbocycles. The molecule has 0 bridgehead atoms. The molecule has 0 saturated heterocycles. The number of benzene rings is 5. The molecule has 0 saturated carbocycles. The van der Waals surface area contributed by atoms with Crippen LogP contribution in [0.3, 0.4) is 0 Å². The van der Waals surface area contributed by atoms with E-state index in [0.29, 0.717) is 17.5 Å². The zero-order valence-corrected chi connectivity index (χ0v) is 28.2. The maximum Gasteiger partial charge on any atom is 0.164 e. The molecular weight excluding hydrogens is 571 g/mol. The highest BCUT2D eigenvalue weighted by molar-refractivity contribution is 5.85. The van der Waals surface area contributed by atoms with Crippen molar-refractivity contribution in [2.24, 2.45) is 0 Å². The van der Waals surface area contributed by atoms with Crippen molar-refractivity contribution in [2.45, 2.75) is 70.6 Å². The van der Waals surface area contributed by atoms with Gasteiger partial charge in [0.2, 0.25) is 0 Å². The first kappa shape index (κ1) is 29.5. The van der Waals surface area contributed by atoms with Gasteiger partial charge in [0.25, 0.3) is 0 Å². The molecule has 3 nitrogen and oxygen atoms in total. The van der Waals surface area contributed by atoms with Crippen LogP contribution in [0, 0.1) is 0 Å². The van der Waals surface area contributed by atoms with E-state index in [4.69, 9.17) is 15.0 Å². The first-order chi connectivity index (χ1) is 22.5. The second kappa shape index (κ2) is 10.6. The van der Waals surface area contributed by atoms with E-state index in [1.165, 1.54) is 50.9 Å². The first-order valence-corrected chi connectivity index (χ1v) is 16.8. The van der Waals surface area contributed by atoms with Crippen molar-refractivity contribution >= 4 is 0 Å². The summed E-state index contributed by atoms with van der Waals surface area (Å²) in [6.07, 6.45) is 2.35. The molecule has 2 aliphatic carbocycles. The fraction of sp³-hybridized carbons (Fsp3) is 0.250. The Balaban J connectivity index is 1.26. The van der Waals surface area contributed by atoms with Crippen LogP contribution in [0.5, 0.6) is 0 Å². The molecule has 0 spiro atoms. The Morgan fingerprint density at radius 2 is 0.809 bits per heavy atom. The van der Waals surface area contributed by atoms with E-state index in [1.54, 1.807) is 0 Å². The SMILES string of the molecule is CC1(C)CCC(C)(C)c2cc(-c3nc(-c4ccccc4)nc(-c4ccc5c(c4)C(C)(C)c4cc(-c6ccccc6)ccc4-5)n3)ccc21. The Kier molecular flexibility index (Phi) is 6.63. The van der Waals surface area contributed by atoms with Crippen molar-refractivity contribution in [3.8, 4) is 56.4 Å². The van der Waals surface area contributed by atoms with Gasteiger partial charge in [-0.2, -0.15) is 0 Å². The second-order valence-corrected chi connectivity index (χ2v) is 15.2. The summed E-state index contributed by atoms with van der Waals surface area (Å²) in [4.78, 5) is 15.4. The largest absolute Gasteiger partial charge is 0.208 e. The number of hydrogen-bond acceptors (Lipinski definition) is 3. The molecule has 3 heteroatoms. The van der Waals surface area contributed by atoms with E-state index in [1.807, 2.05) is 18.2 Å². The van der Waals surface area contributed by atoms with Crippen molar-refractivity contribution in [1.82, 2.24) is 15.0 Å². The highest BCUT2D eigenvalue weighted by atomic mass is 15.0. The Morgan fingerprint density at radius 3 is 1.38 bits per heavy atom. The standard InChI is InChI=1S/C44H41N3/c1-42(2)23-24-43(3,4)38-27-32(19-22-35(38)42)41-46-39(29-15-11-8-12-16-29)45-40(47-41)31-18-21-34-33-20-17-30(28-13-9-7-10-14-28)25-36(33)44(5,6)37(34)26-31/h7-22,25-27H,23-24H2,1-6H3. The molecule has 0 atom stereocenters. The van der Waals surface area contributed by atoms with Crippen molar-refractivity contribution in [3.05, 3.63) is 138 Å². The van der Waals surface area contributed by atoms with Gasteiger partial charge in [0, 0.05) is 22.1 Å². The third-order valence-electron chi connectivity index (χ3n) is 10.8. The minimum atomic E-state index is -0.166. The molecule has 0 fully saturated rings. The molecule has 2 aliphatic rings. The highest BCUT2D eigenvalue weighted by Crippen LogP contribution is 2.51. The number of fused-ring (bicyclic) bond motifs is 4. The fourth-order valence-corrected chi connectivity index (χ4v) is 7.76. The van der Waals surface area contributed by atoms with Gasteiger partial charge in [0.1, 0.15) is 0 Å². The average Bonchev–Trinajstić information content (AvgIpc) is 3.32. The number of rotatable bonds is 4. The summed E-state index contributed by atoms with van der Waals surface area (Å²) in [5.41, 5.74) is 13.7. The molecule has 232 valence electrons. The number of nitrogens with zero attached hydrogens (tertiary/aromatic N) is 3. The minimum absolute atomic E-state index is 0.0972. The van der Waals surface area contributed by atoms with Crippen LogP contribution in [0.4, 0.5) is 0 Å². The van der Waals surface area contributed by atoms with Crippen molar-refractivity contribution in [1.29, 1.82) is 0 Å². The molecule has 0 aliphatic heterocycles. The molecular formula is C44H41N3. The lowest BCUT2D eigenvalue weighted by Gasteiger charge is -2.42. The zero-order chi connectivity index (χ0) is 32.6. The van der Waals surface area contributed by atoms with Gasteiger partial charge in [0.05, 0.1) is 0 Å². The summed E-state index contributed by atoms with van der Waals surface area (Å²) in [7, 11) is 0. The smallest absolute Gasteiger partial charge is 0.164 e. The molecule has 0 N–H and O–H groups in total. The Bertz CT molecular complexity index is 2160. The predicted octanol–water partition coefficient (Wildman–Crippen LogP) is 11.2. The molecule has 0 amide bonds. The lowest BCUT2D eigenvalue weighted by Crippen LogP contribution is -2.33. The van der Waals surface area contributed by atoms with Gasteiger partial charge < -0.3 is 0 Å². The third-order valence-corrected chi connectivity index (χ3v) is 10.8. The van der Waals surface area contributed by atoms with Crippen LogP contribution in [0.2, 0.25) is 0 Å². The van der Waals surface area contributed by atoms with E-state index >= 15 is 0 Å². The number of hydrogen-bond donors (Lipinski definition) is 0.